The number of carbonyl (C=O) groups excluding carboxylic acids is 3. The molecule has 1 atom stereocenters. The SMILES string of the molecule is N[C@@H](CC1CCCCC1)C(=O)N(C[C]=O)C(=O)c1ccco1. The van der Waals surface area contributed by atoms with Crippen molar-refractivity contribution in [2.24, 2.45) is 11.7 Å². The summed E-state index contributed by atoms with van der Waals surface area (Å²) in [7, 11) is 0. The lowest BCUT2D eigenvalue weighted by molar-refractivity contribution is -0.130. The molecule has 1 aliphatic rings. The van der Waals surface area contributed by atoms with Crippen LogP contribution in [0.4, 0.5) is 0 Å². The second-order valence-electron chi connectivity index (χ2n) is 5.70. The number of rotatable bonds is 6. The minimum atomic E-state index is -0.782. The van der Waals surface area contributed by atoms with Gasteiger partial charge in [-0.15, -0.1) is 0 Å². The number of nitrogens with zero attached hydrogens (tertiary/aromatic N) is 1. The lowest BCUT2D eigenvalue weighted by atomic mass is 9.85. The predicted molar refractivity (Wildman–Crippen MR) is 79.6 cm³/mol. The molecule has 6 nitrogen and oxygen atoms in total. The highest BCUT2D eigenvalue weighted by Gasteiger charge is 2.30. The van der Waals surface area contributed by atoms with Crippen molar-refractivity contribution in [1.82, 2.24) is 4.90 Å². The van der Waals surface area contributed by atoms with Crippen molar-refractivity contribution in [2.45, 2.75) is 44.6 Å². The summed E-state index contributed by atoms with van der Waals surface area (Å²) >= 11 is 0. The van der Waals surface area contributed by atoms with Gasteiger partial charge in [0, 0.05) is 0 Å². The van der Waals surface area contributed by atoms with E-state index < -0.39 is 24.4 Å². The van der Waals surface area contributed by atoms with Crippen LogP contribution in [-0.2, 0) is 9.59 Å². The van der Waals surface area contributed by atoms with Gasteiger partial charge in [-0.3, -0.25) is 19.3 Å². The minimum Gasteiger partial charge on any atom is -0.459 e. The number of carbonyl (C=O) groups is 2. The largest absolute Gasteiger partial charge is 0.459 e. The van der Waals surface area contributed by atoms with E-state index in [4.69, 9.17) is 10.2 Å². The second-order valence-corrected chi connectivity index (χ2v) is 5.70. The third-order valence-corrected chi connectivity index (χ3v) is 4.10. The Labute approximate surface area is 129 Å². The zero-order chi connectivity index (χ0) is 15.9. The van der Waals surface area contributed by atoms with Gasteiger partial charge in [0.1, 0.15) is 0 Å². The maximum atomic E-state index is 12.4. The molecular formula is C16H21N2O4. The molecular weight excluding hydrogens is 284 g/mol. The van der Waals surface area contributed by atoms with Gasteiger partial charge < -0.3 is 10.2 Å². The molecule has 0 bridgehead atoms. The maximum Gasteiger partial charge on any atom is 0.296 e. The number of nitrogens with two attached hydrogens (primary N) is 1. The predicted octanol–water partition coefficient (Wildman–Crippen LogP) is 1.66. The van der Waals surface area contributed by atoms with Crippen LogP contribution in [0.2, 0.25) is 0 Å². The zero-order valence-electron chi connectivity index (χ0n) is 12.5. The molecule has 1 heterocycles. The molecule has 1 fully saturated rings. The fourth-order valence-corrected chi connectivity index (χ4v) is 2.93. The molecule has 1 radical (unpaired) electrons. The fraction of sp³-hybridized carbons (Fsp3) is 0.562. The van der Waals surface area contributed by atoms with Crippen molar-refractivity contribution in [3.8, 4) is 0 Å². The van der Waals surface area contributed by atoms with Crippen LogP contribution in [0, 0.1) is 5.92 Å². The zero-order valence-corrected chi connectivity index (χ0v) is 12.5. The first kappa shape index (κ1) is 16.4. The van der Waals surface area contributed by atoms with Crippen molar-refractivity contribution in [1.29, 1.82) is 0 Å². The van der Waals surface area contributed by atoms with Gasteiger partial charge in [-0.05, 0) is 24.5 Å². The molecule has 0 aliphatic heterocycles. The van der Waals surface area contributed by atoms with Crippen LogP contribution in [0.25, 0.3) is 0 Å². The quantitative estimate of drug-likeness (QED) is 0.862. The molecule has 2 amide bonds. The highest BCUT2D eigenvalue weighted by molar-refractivity contribution is 6.05. The first-order valence-electron chi connectivity index (χ1n) is 7.63. The Bertz CT molecular complexity index is 506. The number of imide groups is 1. The first-order chi connectivity index (χ1) is 10.6. The van der Waals surface area contributed by atoms with E-state index >= 15 is 0 Å². The molecule has 1 aliphatic carbocycles. The molecule has 0 spiro atoms. The average molecular weight is 305 g/mol. The van der Waals surface area contributed by atoms with Crippen LogP contribution in [0.15, 0.2) is 22.8 Å². The number of amides is 2. The summed E-state index contributed by atoms with van der Waals surface area (Å²) in [6.45, 7) is -0.434. The fourth-order valence-electron chi connectivity index (χ4n) is 2.93. The number of hydrogen-bond acceptors (Lipinski definition) is 5. The Morgan fingerprint density at radius 2 is 2.09 bits per heavy atom. The maximum absolute atomic E-state index is 12.4. The summed E-state index contributed by atoms with van der Waals surface area (Å²) in [6, 6.07) is 2.21. The van der Waals surface area contributed by atoms with Crippen LogP contribution >= 0.6 is 0 Å². The molecule has 0 aromatic carbocycles. The average Bonchev–Trinajstić information content (AvgIpc) is 3.06. The third-order valence-electron chi connectivity index (χ3n) is 4.10. The Morgan fingerprint density at radius 3 is 2.68 bits per heavy atom. The van der Waals surface area contributed by atoms with Crippen LogP contribution < -0.4 is 5.73 Å². The van der Waals surface area contributed by atoms with E-state index in [1.165, 1.54) is 18.8 Å². The molecule has 0 saturated heterocycles. The van der Waals surface area contributed by atoms with Gasteiger partial charge in [-0.2, -0.15) is 0 Å². The number of hydrogen-bond donors (Lipinski definition) is 1. The van der Waals surface area contributed by atoms with Gasteiger partial charge in [0.15, 0.2) is 5.76 Å². The van der Waals surface area contributed by atoms with Crippen molar-refractivity contribution >= 4 is 18.1 Å². The second kappa shape index (κ2) is 7.89. The van der Waals surface area contributed by atoms with Gasteiger partial charge in [0.05, 0.1) is 18.8 Å². The van der Waals surface area contributed by atoms with Gasteiger partial charge in [-0.25, -0.2) is 0 Å². The van der Waals surface area contributed by atoms with Crippen LogP contribution in [0.3, 0.4) is 0 Å². The summed E-state index contributed by atoms with van der Waals surface area (Å²) in [5.74, 6) is -0.783. The van der Waals surface area contributed by atoms with Crippen molar-refractivity contribution in [3.63, 3.8) is 0 Å². The topological polar surface area (TPSA) is 93.6 Å². The summed E-state index contributed by atoms with van der Waals surface area (Å²) in [4.78, 5) is 36.1. The van der Waals surface area contributed by atoms with Crippen molar-refractivity contribution in [2.75, 3.05) is 6.54 Å². The van der Waals surface area contributed by atoms with Crippen LogP contribution in [0.5, 0.6) is 0 Å². The smallest absolute Gasteiger partial charge is 0.296 e. The van der Waals surface area contributed by atoms with E-state index in [0.717, 1.165) is 30.6 Å². The Kier molecular flexibility index (Phi) is 5.89. The van der Waals surface area contributed by atoms with E-state index in [2.05, 4.69) is 0 Å². The Balaban J connectivity index is 2.01. The first-order valence-corrected chi connectivity index (χ1v) is 7.63. The monoisotopic (exact) mass is 305 g/mol. The summed E-state index contributed by atoms with van der Waals surface area (Å²) in [6.07, 6.45) is 9.13. The highest BCUT2D eigenvalue weighted by Crippen LogP contribution is 2.27. The van der Waals surface area contributed by atoms with E-state index in [1.807, 2.05) is 0 Å². The molecule has 2 rings (SSSR count). The number of furan rings is 1. The van der Waals surface area contributed by atoms with Crippen molar-refractivity contribution < 1.29 is 18.8 Å². The van der Waals surface area contributed by atoms with E-state index in [0.29, 0.717) is 12.3 Å². The standard InChI is InChI=1S/C16H21N2O4/c17-13(11-12-5-2-1-3-6-12)15(20)18(8-9-19)16(21)14-7-4-10-22-14/h4,7,10,12-13H,1-3,5-6,8,11,17H2/t13-/m0/s1. The summed E-state index contributed by atoms with van der Waals surface area (Å²) in [5, 5.41) is 0. The molecule has 119 valence electrons. The lowest BCUT2D eigenvalue weighted by Crippen LogP contribution is -2.48. The molecule has 1 saturated carbocycles. The molecule has 0 unspecified atom stereocenters. The van der Waals surface area contributed by atoms with Gasteiger partial charge in [0.25, 0.3) is 5.91 Å². The molecule has 6 heteroatoms. The van der Waals surface area contributed by atoms with E-state index in [9.17, 15) is 14.4 Å². The van der Waals surface area contributed by atoms with Crippen molar-refractivity contribution in [3.05, 3.63) is 24.2 Å². The van der Waals surface area contributed by atoms with Gasteiger partial charge in [-0.1, -0.05) is 32.1 Å². The molecule has 22 heavy (non-hydrogen) atoms. The van der Waals surface area contributed by atoms with Crippen LogP contribution in [-0.4, -0.2) is 35.6 Å². The van der Waals surface area contributed by atoms with E-state index in [-0.39, 0.29) is 5.76 Å². The van der Waals surface area contributed by atoms with Gasteiger partial charge in [0.2, 0.25) is 12.2 Å². The Morgan fingerprint density at radius 1 is 1.36 bits per heavy atom. The Hall–Kier alpha value is -1.95. The molecule has 2 N–H and O–H groups in total. The summed E-state index contributed by atoms with van der Waals surface area (Å²) in [5.41, 5.74) is 5.97. The normalized spacial score (nSPS) is 17.0. The van der Waals surface area contributed by atoms with Gasteiger partial charge >= 0.3 is 0 Å². The summed E-state index contributed by atoms with van der Waals surface area (Å²) < 4.78 is 4.99. The highest BCUT2D eigenvalue weighted by atomic mass is 16.3. The van der Waals surface area contributed by atoms with Crippen LogP contribution in [0.1, 0.15) is 49.1 Å². The van der Waals surface area contributed by atoms with E-state index in [1.54, 1.807) is 12.4 Å². The molecule has 1 aromatic rings. The molecule has 1 aromatic heterocycles. The lowest BCUT2D eigenvalue weighted by Gasteiger charge is -2.26. The minimum absolute atomic E-state index is 0.00784. The third kappa shape index (κ3) is 4.04.